The maximum atomic E-state index is 14.6. The topological polar surface area (TPSA) is 109 Å². The Balaban J connectivity index is 1.87. The Bertz CT molecular complexity index is 1720. The number of aromatic nitrogens is 5. The van der Waals surface area contributed by atoms with Gasteiger partial charge in [-0.15, -0.1) is 10.2 Å². The van der Waals surface area contributed by atoms with E-state index in [9.17, 15) is 18.4 Å². The van der Waals surface area contributed by atoms with E-state index in [1.165, 1.54) is 29.8 Å². The van der Waals surface area contributed by atoms with Crippen LogP contribution in [-0.4, -0.2) is 31.1 Å². The van der Waals surface area contributed by atoms with Crippen LogP contribution in [0.3, 0.4) is 0 Å². The van der Waals surface area contributed by atoms with Gasteiger partial charge in [0.1, 0.15) is 17.2 Å². The molecule has 0 spiro atoms. The SMILES string of the molecule is CCc1c(-c2ccc(N)cc2)cn2c1c(=O)n(-c1ccc(OC)nn1)c(=O)n2Cc1c(F)cccc1F. The van der Waals surface area contributed by atoms with Gasteiger partial charge in [0.25, 0.3) is 5.56 Å². The summed E-state index contributed by atoms with van der Waals surface area (Å²) in [7, 11) is 1.41. The normalized spacial score (nSPS) is 11.2. The number of fused-ring (bicyclic) bond motifs is 1. The third-order valence-electron chi connectivity index (χ3n) is 6.18. The maximum Gasteiger partial charge on any atom is 0.352 e. The van der Waals surface area contributed by atoms with E-state index < -0.39 is 29.4 Å². The van der Waals surface area contributed by atoms with Crippen molar-refractivity contribution < 1.29 is 13.5 Å². The van der Waals surface area contributed by atoms with Crippen molar-refractivity contribution in [3.8, 4) is 22.8 Å². The fraction of sp³-hybridized carbons (Fsp3) is 0.154. The first kappa shape index (κ1) is 23.9. The summed E-state index contributed by atoms with van der Waals surface area (Å²) >= 11 is 0. The second-order valence-electron chi connectivity index (χ2n) is 8.30. The number of nitrogens with zero attached hydrogens (tertiary/aromatic N) is 5. The number of hydrogen-bond donors (Lipinski definition) is 1. The maximum absolute atomic E-state index is 14.6. The standard InChI is InChI=1S/C26H22F2N6O3/c1-3-17-18(15-7-9-16(29)10-8-15)13-32-24(17)25(35)34(22-11-12-23(37-2)31-30-22)26(36)33(32)14-19-20(27)5-4-6-21(19)28/h4-13H,3,14,29H2,1-2H3. The van der Waals surface area contributed by atoms with E-state index >= 15 is 0 Å². The molecule has 0 aliphatic heterocycles. The van der Waals surface area contributed by atoms with Crippen molar-refractivity contribution in [1.29, 1.82) is 0 Å². The summed E-state index contributed by atoms with van der Waals surface area (Å²) in [5.74, 6) is -1.50. The lowest BCUT2D eigenvalue weighted by atomic mass is 10.0. The third kappa shape index (κ3) is 4.03. The van der Waals surface area contributed by atoms with E-state index in [2.05, 4.69) is 10.2 Å². The number of hydrogen-bond acceptors (Lipinski definition) is 6. The van der Waals surface area contributed by atoms with Gasteiger partial charge in [-0.1, -0.05) is 25.1 Å². The van der Waals surface area contributed by atoms with Crippen LogP contribution in [0.5, 0.6) is 5.88 Å². The highest BCUT2D eigenvalue weighted by Crippen LogP contribution is 2.29. The number of benzene rings is 2. The molecule has 2 aromatic carbocycles. The van der Waals surface area contributed by atoms with Crippen LogP contribution in [0, 0.1) is 11.6 Å². The lowest BCUT2D eigenvalue weighted by molar-refractivity contribution is 0.391. The van der Waals surface area contributed by atoms with Crippen LogP contribution in [0.1, 0.15) is 18.1 Å². The second kappa shape index (κ2) is 9.34. The molecular weight excluding hydrogens is 482 g/mol. The van der Waals surface area contributed by atoms with E-state index in [1.54, 1.807) is 30.5 Å². The van der Waals surface area contributed by atoms with Crippen molar-refractivity contribution in [3.63, 3.8) is 0 Å². The van der Waals surface area contributed by atoms with Gasteiger partial charge in [0.2, 0.25) is 5.88 Å². The Kier molecular flexibility index (Phi) is 6.04. The minimum absolute atomic E-state index is 0.0571. The van der Waals surface area contributed by atoms with Crippen LogP contribution in [0.2, 0.25) is 0 Å². The Morgan fingerprint density at radius 2 is 1.65 bits per heavy atom. The van der Waals surface area contributed by atoms with E-state index in [-0.39, 0.29) is 22.8 Å². The van der Waals surface area contributed by atoms with Crippen LogP contribution in [0.4, 0.5) is 14.5 Å². The van der Waals surface area contributed by atoms with Crippen molar-refractivity contribution in [2.24, 2.45) is 0 Å². The lowest BCUT2D eigenvalue weighted by Crippen LogP contribution is -2.43. The zero-order valence-electron chi connectivity index (χ0n) is 20.0. The lowest BCUT2D eigenvalue weighted by Gasteiger charge is -2.14. The average Bonchev–Trinajstić information content (AvgIpc) is 3.29. The monoisotopic (exact) mass is 504 g/mol. The number of aryl methyl sites for hydroxylation is 1. The fourth-order valence-corrected chi connectivity index (χ4v) is 4.34. The minimum Gasteiger partial charge on any atom is -0.480 e. The molecule has 0 amide bonds. The zero-order valence-corrected chi connectivity index (χ0v) is 20.0. The molecule has 0 unspecified atom stereocenters. The van der Waals surface area contributed by atoms with Crippen LogP contribution in [-0.2, 0) is 13.0 Å². The average molecular weight is 504 g/mol. The molecule has 0 bridgehead atoms. The zero-order chi connectivity index (χ0) is 26.3. The van der Waals surface area contributed by atoms with Gasteiger partial charge in [-0.3, -0.25) is 9.31 Å². The number of rotatable bonds is 6. The van der Waals surface area contributed by atoms with Gasteiger partial charge in [0.15, 0.2) is 5.82 Å². The van der Waals surface area contributed by atoms with Gasteiger partial charge in [-0.25, -0.2) is 22.8 Å². The second-order valence-corrected chi connectivity index (χ2v) is 8.30. The van der Waals surface area contributed by atoms with E-state index in [4.69, 9.17) is 10.5 Å². The first-order valence-corrected chi connectivity index (χ1v) is 11.4. The summed E-state index contributed by atoms with van der Waals surface area (Å²) < 4.78 is 37.6. The van der Waals surface area contributed by atoms with Gasteiger partial charge in [0.05, 0.1) is 13.7 Å². The van der Waals surface area contributed by atoms with Crippen LogP contribution >= 0.6 is 0 Å². The number of nitrogens with two attached hydrogens (primary N) is 1. The predicted octanol–water partition coefficient (Wildman–Crippen LogP) is 3.19. The highest BCUT2D eigenvalue weighted by Gasteiger charge is 2.23. The molecule has 2 N–H and O–H groups in total. The summed E-state index contributed by atoms with van der Waals surface area (Å²) in [6, 6.07) is 13.4. The first-order valence-electron chi connectivity index (χ1n) is 11.4. The number of methoxy groups -OCH3 is 1. The molecule has 0 aliphatic carbocycles. The van der Waals surface area contributed by atoms with Crippen LogP contribution in [0.25, 0.3) is 22.5 Å². The molecule has 0 atom stereocenters. The molecule has 5 aromatic rings. The van der Waals surface area contributed by atoms with Crippen molar-refractivity contribution in [2.45, 2.75) is 19.9 Å². The largest absolute Gasteiger partial charge is 0.480 e. The molecule has 0 saturated carbocycles. The quantitative estimate of drug-likeness (QED) is 0.356. The first-order chi connectivity index (χ1) is 17.8. The van der Waals surface area contributed by atoms with E-state index in [0.717, 1.165) is 26.9 Å². The molecule has 3 aromatic heterocycles. The van der Waals surface area contributed by atoms with Crippen molar-refractivity contribution in [3.05, 3.63) is 104 Å². The summed E-state index contributed by atoms with van der Waals surface area (Å²) in [5, 5.41) is 7.83. The molecule has 3 heterocycles. The Labute approximate surface area is 209 Å². The summed E-state index contributed by atoms with van der Waals surface area (Å²) in [6.45, 7) is 1.40. The number of ether oxygens (including phenoxy) is 1. The van der Waals surface area contributed by atoms with Gasteiger partial charge in [0, 0.05) is 29.1 Å². The van der Waals surface area contributed by atoms with Gasteiger partial charge < -0.3 is 10.5 Å². The Hall–Kier alpha value is -4.80. The van der Waals surface area contributed by atoms with Gasteiger partial charge >= 0.3 is 5.69 Å². The van der Waals surface area contributed by atoms with Crippen molar-refractivity contribution >= 4 is 11.2 Å². The predicted molar refractivity (Wildman–Crippen MR) is 134 cm³/mol. The van der Waals surface area contributed by atoms with Crippen LogP contribution < -0.4 is 21.7 Å². The molecule has 0 radical (unpaired) electrons. The highest BCUT2D eigenvalue weighted by atomic mass is 19.1. The van der Waals surface area contributed by atoms with Crippen LogP contribution in [0.15, 0.2) is 70.4 Å². The fourth-order valence-electron chi connectivity index (χ4n) is 4.34. The molecule has 0 saturated heterocycles. The van der Waals surface area contributed by atoms with E-state index in [0.29, 0.717) is 23.2 Å². The molecular formula is C26H22F2N6O3. The number of halogens is 2. The Morgan fingerprint density at radius 3 is 2.24 bits per heavy atom. The van der Waals surface area contributed by atoms with Gasteiger partial charge in [-0.2, -0.15) is 0 Å². The number of anilines is 1. The molecule has 11 heteroatoms. The molecule has 0 fully saturated rings. The summed E-state index contributed by atoms with van der Waals surface area (Å²) in [5.41, 5.74) is 6.86. The molecule has 188 valence electrons. The smallest absolute Gasteiger partial charge is 0.352 e. The number of nitrogen functional groups attached to an aromatic ring is 1. The third-order valence-corrected chi connectivity index (χ3v) is 6.18. The molecule has 5 rings (SSSR count). The minimum atomic E-state index is -0.846. The van der Waals surface area contributed by atoms with Crippen molar-refractivity contribution in [1.82, 2.24) is 24.0 Å². The molecule has 0 aliphatic rings. The molecule has 9 nitrogen and oxygen atoms in total. The van der Waals surface area contributed by atoms with Gasteiger partial charge in [-0.05, 0) is 47.9 Å². The summed E-state index contributed by atoms with van der Waals surface area (Å²) in [4.78, 5) is 27.5. The summed E-state index contributed by atoms with van der Waals surface area (Å²) in [6.07, 6.45) is 2.05. The Morgan fingerprint density at radius 1 is 0.946 bits per heavy atom. The molecule has 37 heavy (non-hydrogen) atoms. The van der Waals surface area contributed by atoms with Crippen molar-refractivity contribution in [2.75, 3.05) is 12.8 Å². The highest BCUT2D eigenvalue weighted by molar-refractivity contribution is 5.77. The van der Waals surface area contributed by atoms with E-state index in [1.807, 2.05) is 6.92 Å².